The Morgan fingerprint density at radius 2 is 1.79 bits per heavy atom. The molecule has 1 aromatic carbocycles. The molecular weight excluding hydrogens is 241 g/mol. The Kier molecular flexibility index (Phi) is 3.47. The third-order valence-electron chi connectivity index (χ3n) is 3.06. The van der Waals surface area contributed by atoms with Gasteiger partial charge in [0.2, 0.25) is 0 Å². The Hall–Kier alpha value is -2.03. The normalized spacial score (nSPS) is 11.4. The van der Waals surface area contributed by atoms with Gasteiger partial charge in [0.15, 0.2) is 12.1 Å². The maximum absolute atomic E-state index is 13.2. The highest BCUT2D eigenvalue weighted by molar-refractivity contribution is 5.77. The average molecular weight is 257 g/mol. The van der Waals surface area contributed by atoms with Crippen molar-refractivity contribution in [2.24, 2.45) is 0 Å². The molecule has 0 saturated carbocycles. The molecule has 0 unspecified atom stereocenters. The molecule has 0 saturated heterocycles. The van der Waals surface area contributed by atoms with E-state index in [4.69, 9.17) is 0 Å². The van der Waals surface area contributed by atoms with Crippen LogP contribution in [0.1, 0.15) is 36.7 Å². The second kappa shape index (κ2) is 4.92. The van der Waals surface area contributed by atoms with E-state index in [1.54, 1.807) is 0 Å². The van der Waals surface area contributed by atoms with Gasteiger partial charge in [-0.2, -0.15) is 0 Å². The molecule has 2 aromatic rings. The van der Waals surface area contributed by atoms with Crippen LogP contribution in [-0.4, -0.2) is 11.3 Å². The second-order valence-corrected chi connectivity index (χ2v) is 5.54. The molecule has 0 radical (unpaired) electrons. The lowest BCUT2D eigenvalue weighted by molar-refractivity contribution is 0.111. The van der Waals surface area contributed by atoms with E-state index in [0.717, 1.165) is 11.8 Å². The third kappa shape index (κ3) is 2.87. The molecule has 0 amide bonds. The lowest BCUT2D eigenvalue weighted by Gasteiger charge is -2.19. The van der Waals surface area contributed by atoms with Crippen LogP contribution >= 0.6 is 0 Å². The van der Waals surface area contributed by atoms with E-state index in [0.29, 0.717) is 12.0 Å². The Labute approximate surface area is 112 Å². The number of nitrogens with zero attached hydrogens (tertiary/aromatic N) is 1. The number of carbonyl (C=O) groups is 1. The van der Waals surface area contributed by atoms with E-state index in [1.165, 1.54) is 11.6 Å². The molecule has 1 aromatic heterocycles. The standard InChI is InChI=1S/C16H16FNO/c1-16(2,3)13-6-4-11(5-7-13)15-8-12(10-19)14(17)9-18-15/h4-10H,1-3H3. The summed E-state index contributed by atoms with van der Waals surface area (Å²) >= 11 is 0. The van der Waals surface area contributed by atoms with Crippen LogP contribution in [0, 0.1) is 5.82 Å². The summed E-state index contributed by atoms with van der Waals surface area (Å²) < 4.78 is 13.2. The van der Waals surface area contributed by atoms with Gasteiger partial charge >= 0.3 is 0 Å². The van der Waals surface area contributed by atoms with Crippen molar-refractivity contribution in [3.05, 3.63) is 53.5 Å². The van der Waals surface area contributed by atoms with Crippen LogP contribution < -0.4 is 0 Å². The highest BCUT2D eigenvalue weighted by atomic mass is 19.1. The summed E-state index contributed by atoms with van der Waals surface area (Å²) in [6.07, 6.45) is 1.58. The van der Waals surface area contributed by atoms with Gasteiger partial charge in [0.25, 0.3) is 0 Å². The second-order valence-electron chi connectivity index (χ2n) is 5.54. The molecule has 0 aliphatic rings. The first-order chi connectivity index (χ1) is 8.91. The van der Waals surface area contributed by atoms with Gasteiger partial charge in [0, 0.05) is 5.56 Å². The summed E-state index contributed by atoms with van der Waals surface area (Å²) in [5, 5.41) is 0. The Balaban J connectivity index is 2.40. The summed E-state index contributed by atoms with van der Waals surface area (Å²) in [6.45, 7) is 6.42. The zero-order valence-electron chi connectivity index (χ0n) is 11.3. The largest absolute Gasteiger partial charge is 0.298 e. The summed E-state index contributed by atoms with van der Waals surface area (Å²) in [7, 11) is 0. The number of pyridine rings is 1. The highest BCUT2D eigenvalue weighted by Crippen LogP contribution is 2.25. The van der Waals surface area contributed by atoms with Crippen molar-refractivity contribution in [2.75, 3.05) is 0 Å². The quantitative estimate of drug-likeness (QED) is 0.761. The van der Waals surface area contributed by atoms with E-state index in [9.17, 15) is 9.18 Å². The lowest BCUT2D eigenvalue weighted by atomic mass is 9.86. The molecule has 3 heteroatoms. The number of rotatable bonds is 2. The first-order valence-corrected chi connectivity index (χ1v) is 6.13. The minimum Gasteiger partial charge on any atom is -0.298 e. The SMILES string of the molecule is CC(C)(C)c1ccc(-c2cc(C=O)c(F)cn2)cc1. The molecular formula is C16H16FNO. The van der Waals surface area contributed by atoms with Crippen molar-refractivity contribution in [3.63, 3.8) is 0 Å². The van der Waals surface area contributed by atoms with Crippen LogP contribution in [-0.2, 0) is 5.41 Å². The lowest BCUT2D eigenvalue weighted by Crippen LogP contribution is -2.10. The molecule has 19 heavy (non-hydrogen) atoms. The van der Waals surface area contributed by atoms with Crippen LogP contribution in [0.5, 0.6) is 0 Å². The van der Waals surface area contributed by atoms with E-state index < -0.39 is 5.82 Å². The van der Waals surface area contributed by atoms with Crippen LogP contribution in [0.2, 0.25) is 0 Å². The molecule has 0 bridgehead atoms. The van der Waals surface area contributed by atoms with Crippen LogP contribution in [0.3, 0.4) is 0 Å². The molecule has 0 N–H and O–H groups in total. The van der Waals surface area contributed by atoms with E-state index in [-0.39, 0.29) is 11.0 Å². The summed E-state index contributed by atoms with van der Waals surface area (Å²) in [5.74, 6) is -0.593. The van der Waals surface area contributed by atoms with Gasteiger partial charge in [0.05, 0.1) is 17.5 Å². The van der Waals surface area contributed by atoms with E-state index >= 15 is 0 Å². The summed E-state index contributed by atoms with van der Waals surface area (Å²) in [4.78, 5) is 14.7. The zero-order chi connectivity index (χ0) is 14.0. The van der Waals surface area contributed by atoms with Crippen molar-refractivity contribution in [2.45, 2.75) is 26.2 Å². The molecule has 2 nitrogen and oxygen atoms in total. The first kappa shape index (κ1) is 13.4. The number of halogens is 1. The van der Waals surface area contributed by atoms with Crippen molar-refractivity contribution >= 4 is 6.29 Å². The Bertz CT molecular complexity index is 597. The number of benzene rings is 1. The minimum atomic E-state index is -0.593. The fourth-order valence-electron chi connectivity index (χ4n) is 1.84. The van der Waals surface area contributed by atoms with Gasteiger partial charge in [-0.15, -0.1) is 0 Å². The monoisotopic (exact) mass is 257 g/mol. The molecule has 2 rings (SSSR count). The number of carbonyl (C=O) groups excluding carboxylic acids is 1. The predicted molar refractivity (Wildman–Crippen MR) is 73.7 cm³/mol. The van der Waals surface area contributed by atoms with E-state index in [1.807, 2.05) is 24.3 Å². The number of aldehydes is 1. The van der Waals surface area contributed by atoms with Crippen molar-refractivity contribution in [1.29, 1.82) is 0 Å². The molecule has 0 atom stereocenters. The van der Waals surface area contributed by atoms with Crippen LogP contribution in [0.15, 0.2) is 36.5 Å². The highest BCUT2D eigenvalue weighted by Gasteiger charge is 2.13. The number of aromatic nitrogens is 1. The molecule has 0 aliphatic carbocycles. The predicted octanol–water partition coefficient (Wildman–Crippen LogP) is 4.00. The van der Waals surface area contributed by atoms with Gasteiger partial charge in [-0.1, -0.05) is 45.0 Å². The number of hydrogen-bond acceptors (Lipinski definition) is 2. The van der Waals surface area contributed by atoms with Gasteiger partial charge in [0.1, 0.15) is 0 Å². The van der Waals surface area contributed by atoms with Gasteiger partial charge in [-0.3, -0.25) is 9.78 Å². The minimum absolute atomic E-state index is 0.0323. The van der Waals surface area contributed by atoms with Crippen LogP contribution in [0.25, 0.3) is 11.3 Å². The van der Waals surface area contributed by atoms with Gasteiger partial charge in [-0.05, 0) is 17.0 Å². The smallest absolute Gasteiger partial charge is 0.153 e. The molecule has 0 aliphatic heterocycles. The molecule has 0 spiro atoms. The third-order valence-corrected chi connectivity index (χ3v) is 3.06. The molecule has 1 heterocycles. The maximum Gasteiger partial charge on any atom is 0.153 e. The van der Waals surface area contributed by atoms with Crippen molar-refractivity contribution in [1.82, 2.24) is 4.98 Å². The topological polar surface area (TPSA) is 30.0 Å². The van der Waals surface area contributed by atoms with E-state index in [2.05, 4.69) is 25.8 Å². The summed E-state index contributed by atoms with van der Waals surface area (Å²) in [6, 6.07) is 9.40. The molecule has 98 valence electrons. The van der Waals surface area contributed by atoms with Gasteiger partial charge < -0.3 is 0 Å². The first-order valence-electron chi connectivity index (χ1n) is 6.13. The van der Waals surface area contributed by atoms with Gasteiger partial charge in [-0.25, -0.2) is 4.39 Å². The van der Waals surface area contributed by atoms with Crippen LogP contribution in [0.4, 0.5) is 4.39 Å². The summed E-state index contributed by atoms with van der Waals surface area (Å²) in [5.41, 5.74) is 2.81. The zero-order valence-corrected chi connectivity index (χ0v) is 11.3. The maximum atomic E-state index is 13.2. The Morgan fingerprint density at radius 3 is 2.32 bits per heavy atom. The average Bonchev–Trinajstić information content (AvgIpc) is 2.38. The van der Waals surface area contributed by atoms with Crippen molar-refractivity contribution in [3.8, 4) is 11.3 Å². The fraction of sp³-hybridized carbons (Fsp3) is 0.250. The Morgan fingerprint density at radius 1 is 1.16 bits per heavy atom. The molecule has 0 fully saturated rings. The van der Waals surface area contributed by atoms with Crippen molar-refractivity contribution < 1.29 is 9.18 Å². The number of hydrogen-bond donors (Lipinski definition) is 0. The fourth-order valence-corrected chi connectivity index (χ4v) is 1.84.